The second-order valence-electron chi connectivity index (χ2n) is 3.95. The number of hydrogen-bond acceptors (Lipinski definition) is 3. The number of rotatable bonds is 4. The van der Waals surface area contributed by atoms with Crippen LogP contribution in [-0.2, 0) is 6.54 Å². The summed E-state index contributed by atoms with van der Waals surface area (Å²) in [5, 5.41) is 2.03. The van der Waals surface area contributed by atoms with Gasteiger partial charge in [0.05, 0.1) is 6.54 Å². The summed E-state index contributed by atoms with van der Waals surface area (Å²) in [7, 11) is 0. The number of hydrogen-bond donors (Lipinski definition) is 1. The monoisotopic (exact) mass is 277 g/mol. The molecule has 0 aliphatic heterocycles. The van der Waals surface area contributed by atoms with Crippen LogP contribution in [0.1, 0.15) is 22.2 Å². The van der Waals surface area contributed by atoms with Gasteiger partial charge in [-0.3, -0.25) is 4.79 Å². The Labute approximate surface area is 117 Å². The lowest BCUT2D eigenvalue weighted by molar-refractivity contribution is 0.0754. The molecule has 0 saturated carbocycles. The van der Waals surface area contributed by atoms with E-state index in [1.165, 1.54) is 4.88 Å². The smallest absolute Gasteiger partial charge is 0.254 e. The Morgan fingerprint density at radius 2 is 2.00 bits per heavy atom. The number of amides is 1. The molecular formula is C14H15NOS2. The van der Waals surface area contributed by atoms with Crippen LogP contribution in [0.25, 0.3) is 0 Å². The molecule has 0 atom stereocenters. The average Bonchev–Trinajstić information content (AvgIpc) is 2.89. The van der Waals surface area contributed by atoms with Crippen LogP contribution in [0.3, 0.4) is 0 Å². The van der Waals surface area contributed by atoms with Gasteiger partial charge in [0, 0.05) is 21.9 Å². The Hall–Kier alpha value is -1.26. The summed E-state index contributed by atoms with van der Waals surface area (Å²) in [5.74, 6) is 0.0687. The molecule has 0 saturated heterocycles. The van der Waals surface area contributed by atoms with E-state index in [1.54, 1.807) is 11.3 Å². The van der Waals surface area contributed by atoms with Crippen LogP contribution in [0.5, 0.6) is 0 Å². The second-order valence-corrected chi connectivity index (χ2v) is 5.49. The molecule has 0 spiro atoms. The standard InChI is InChI=1S/C14H15NOS2/c1-2-15(10-13-4-3-9-18-13)14(16)11-5-7-12(17)8-6-11/h3-9,17H,2,10H2,1H3. The van der Waals surface area contributed by atoms with Crippen molar-refractivity contribution in [3.63, 3.8) is 0 Å². The number of nitrogens with zero attached hydrogens (tertiary/aromatic N) is 1. The molecule has 0 bridgehead atoms. The van der Waals surface area contributed by atoms with Crippen molar-refractivity contribution in [2.24, 2.45) is 0 Å². The summed E-state index contributed by atoms with van der Waals surface area (Å²) in [5.41, 5.74) is 0.714. The van der Waals surface area contributed by atoms with E-state index in [1.807, 2.05) is 47.5 Å². The molecule has 2 rings (SSSR count). The SMILES string of the molecule is CCN(Cc1cccs1)C(=O)c1ccc(S)cc1. The van der Waals surface area contributed by atoms with Gasteiger partial charge in [0.1, 0.15) is 0 Å². The van der Waals surface area contributed by atoms with Crippen molar-refractivity contribution in [3.05, 3.63) is 52.2 Å². The van der Waals surface area contributed by atoms with Gasteiger partial charge in [0.15, 0.2) is 0 Å². The zero-order chi connectivity index (χ0) is 13.0. The van der Waals surface area contributed by atoms with Gasteiger partial charge in [-0.1, -0.05) is 6.07 Å². The third-order valence-electron chi connectivity index (χ3n) is 2.71. The van der Waals surface area contributed by atoms with E-state index in [4.69, 9.17) is 0 Å². The van der Waals surface area contributed by atoms with Crippen molar-refractivity contribution in [1.29, 1.82) is 0 Å². The topological polar surface area (TPSA) is 20.3 Å². The number of thiol groups is 1. The maximum Gasteiger partial charge on any atom is 0.254 e. The van der Waals surface area contributed by atoms with Crippen LogP contribution in [0.15, 0.2) is 46.7 Å². The van der Waals surface area contributed by atoms with Crippen LogP contribution in [0, 0.1) is 0 Å². The van der Waals surface area contributed by atoms with Crippen molar-refractivity contribution in [1.82, 2.24) is 4.90 Å². The molecule has 1 aromatic heterocycles. The van der Waals surface area contributed by atoms with E-state index in [9.17, 15) is 4.79 Å². The van der Waals surface area contributed by atoms with Crippen molar-refractivity contribution in [2.45, 2.75) is 18.4 Å². The molecule has 2 aromatic rings. The molecule has 2 nitrogen and oxygen atoms in total. The lowest BCUT2D eigenvalue weighted by Gasteiger charge is -2.20. The molecule has 0 N–H and O–H groups in total. The van der Waals surface area contributed by atoms with Gasteiger partial charge in [-0.15, -0.1) is 24.0 Å². The van der Waals surface area contributed by atoms with Gasteiger partial charge >= 0.3 is 0 Å². The molecule has 0 radical (unpaired) electrons. The third kappa shape index (κ3) is 3.15. The molecular weight excluding hydrogens is 262 g/mol. The fourth-order valence-corrected chi connectivity index (χ4v) is 2.57. The van der Waals surface area contributed by atoms with Gasteiger partial charge in [-0.2, -0.15) is 0 Å². The van der Waals surface area contributed by atoms with Gasteiger partial charge in [-0.25, -0.2) is 0 Å². The van der Waals surface area contributed by atoms with E-state index >= 15 is 0 Å². The van der Waals surface area contributed by atoms with E-state index in [2.05, 4.69) is 18.7 Å². The first-order valence-electron chi connectivity index (χ1n) is 5.81. The molecule has 1 aromatic carbocycles. The predicted octanol–water partition coefficient (Wildman–Crippen LogP) is 3.70. The first-order valence-corrected chi connectivity index (χ1v) is 7.14. The highest BCUT2D eigenvalue weighted by Gasteiger charge is 2.14. The summed E-state index contributed by atoms with van der Waals surface area (Å²) >= 11 is 5.90. The number of thiophene rings is 1. The Balaban J connectivity index is 2.12. The maximum atomic E-state index is 12.3. The van der Waals surface area contributed by atoms with E-state index < -0.39 is 0 Å². The van der Waals surface area contributed by atoms with Crippen molar-refractivity contribution >= 4 is 29.9 Å². The first kappa shape index (κ1) is 13.2. The molecule has 0 aliphatic rings. The van der Waals surface area contributed by atoms with Crippen LogP contribution >= 0.6 is 24.0 Å². The van der Waals surface area contributed by atoms with Crippen molar-refractivity contribution < 1.29 is 4.79 Å². The zero-order valence-corrected chi connectivity index (χ0v) is 11.9. The summed E-state index contributed by atoms with van der Waals surface area (Å²) in [4.78, 5) is 16.2. The molecule has 94 valence electrons. The summed E-state index contributed by atoms with van der Waals surface area (Å²) < 4.78 is 0. The first-order chi connectivity index (χ1) is 8.70. The van der Waals surface area contributed by atoms with Crippen LogP contribution in [0.4, 0.5) is 0 Å². The molecule has 0 fully saturated rings. The Morgan fingerprint density at radius 3 is 2.56 bits per heavy atom. The normalized spacial score (nSPS) is 10.3. The lowest BCUT2D eigenvalue weighted by Crippen LogP contribution is -2.29. The average molecular weight is 277 g/mol. The van der Waals surface area contributed by atoms with Crippen LogP contribution < -0.4 is 0 Å². The highest BCUT2D eigenvalue weighted by Crippen LogP contribution is 2.15. The van der Waals surface area contributed by atoms with Crippen molar-refractivity contribution in [2.75, 3.05) is 6.54 Å². The van der Waals surface area contributed by atoms with Crippen molar-refractivity contribution in [3.8, 4) is 0 Å². The fraction of sp³-hybridized carbons (Fsp3) is 0.214. The van der Waals surface area contributed by atoms with Gasteiger partial charge in [0.2, 0.25) is 0 Å². The summed E-state index contributed by atoms with van der Waals surface area (Å²) in [6.07, 6.45) is 0. The minimum Gasteiger partial charge on any atom is -0.334 e. The lowest BCUT2D eigenvalue weighted by atomic mass is 10.2. The van der Waals surface area contributed by atoms with Gasteiger partial charge in [-0.05, 0) is 42.6 Å². The van der Waals surface area contributed by atoms with E-state index in [0.717, 1.165) is 4.90 Å². The van der Waals surface area contributed by atoms with E-state index in [-0.39, 0.29) is 5.91 Å². The maximum absolute atomic E-state index is 12.3. The molecule has 1 heterocycles. The van der Waals surface area contributed by atoms with Crippen LogP contribution in [-0.4, -0.2) is 17.4 Å². The quantitative estimate of drug-likeness (QED) is 0.845. The zero-order valence-electron chi connectivity index (χ0n) is 10.2. The minimum absolute atomic E-state index is 0.0687. The second kappa shape index (κ2) is 6.07. The number of carbonyl (C=O) groups excluding carboxylic acids is 1. The van der Waals surface area contributed by atoms with Crippen LogP contribution in [0.2, 0.25) is 0 Å². The predicted molar refractivity (Wildman–Crippen MR) is 78.4 cm³/mol. The number of carbonyl (C=O) groups is 1. The highest BCUT2D eigenvalue weighted by molar-refractivity contribution is 7.80. The summed E-state index contributed by atoms with van der Waals surface area (Å²) in [6, 6.07) is 11.4. The molecule has 1 amide bonds. The van der Waals surface area contributed by atoms with Gasteiger partial charge < -0.3 is 4.90 Å². The Kier molecular flexibility index (Phi) is 4.44. The largest absolute Gasteiger partial charge is 0.334 e. The Bertz CT molecular complexity index is 505. The third-order valence-corrected chi connectivity index (χ3v) is 3.87. The Morgan fingerprint density at radius 1 is 1.28 bits per heavy atom. The highest BCUT2D eigenvalue weighted by atomic mass is 32.1. The molecule has 18 heavy (non-hydrogen) atoms. The molecule has 4 heteroatoms. The molecule has 0 aliphatic carbocycles. The fourth-order valence-electron chi connectivity index (χ4n) is 1.70. The van der Waals surface area contributed by atoms with E-state index in [0.29, 0.717) is 18.7 Å². The summed E-state index contributed by atoms with van der Waals surface area (Å²) in [6.45, 7) is 3.38. The molecule has 0 unspecified atom stereocenters. The minimum atomic E-state index is 0.0687. The van der Waals surface area contributed by atoms with Gasteiger partial charge in [0.25, 0.3) is 5.91 Å². The number of benzene rings is 1.